The van der Waals surface area contributed by atoms with Crippen molar-refractivity contribution in [2.24, 2.45) is 0 Å². The van der Waals surface area contributed by atoms with Gasteiger partial charge in [-0.15, -0.1) is 11.6 Å². The van der Waals surface area contributed by atoms with Crippen molar-refractivity contribution in [1.29, 1.82) is 0 Å². The van der Waals surface area contributed by atoms with Crippen LogP contribution in [0.25, 0.3) is 0 Å². The molecule has 1 aromatic rings. The van der Waals surface area contributed by atoms with Gasteiger partial charge in [0.2, 0.25) is 0 Å². The average Bonchev–Trinajstić information content (AvgIpc) is 2.09. The Hall–Kier alpha value is -0.0200. The van der Waals surface area contributed by atoms with Crippen molar-refractivity contribution in [2.45, 2.75) is 6.92 Å². The minimum Gasteiger partial charge on any atom is -1.00 e. The van der Waals surface area contributed by atoms with Crippen molar-refractivity contribution < 1.29 is 40.5 Å². The molecular formula is C9H10ClNaO2. The Morgan fingerprint density at radius 2 is 2.15 bits per heavy atom. The van der Waals surface area contributed by atoms with Crippen LogP contribution in [0.3, 0.4) is 0 Å². The van der Waals surface area contributed by atoms with Crippen LogP contribution in [0.1, 0.15) is 6.99 Å². The van der Waals surface area contributed by atoms with Gasteiger partial charge in [0, 0.05) is 0 Å². The molecule has 0 aliphatic rings. The number of alkyl halides is 1. The average molecular weight is 209 g/mol. The van der Waals surface area contributed by atoms with Crippen molar-refractivity contribution in [2.75, 3.05) is 5.88 Å². The first-order valence-corrected chi connectivity index (χ1v) is 4.10. The number of hydrogen-bond acceptors (Lipinski definition) is 2. The molecule has 0 heterocycles. The van der Waals surface area contributed by atoms with Crippen molar-refractivity contribution in [3.8, 4) is 5.75 Å². The van der Waals surface area contributed by atoms with Gasteiger partial charge in [0.15, 0.2) is 0 Å². The maximum Gasteiger partial charge on any atom is 1.00 e. The van der Waals surface area contributed by atoms with Gasteiger partial charge in [0.1, 0.15) is 11.6 Å². The van der Waals surface area contributed by atoms with E-state index >= 15 is 0 Å². The minimum absolute atomic E-state index is 0. The van der Waals surface area contributed by atoms with Crippen molar-refractivity contribution in [3.05, 3.63) is 29.8 Å². The molecule has 0 aliphatic carbocycles. The molecule has 0 saturated carbocycles. The Balaban J connectivity index is 0. The molecule has 0 unspecified atom stereocenters. The van der Waals surface area contributed by atoms with Gasteiger partial charge in [0.05, 0.1) is 0 Å². The number of ether oxygens (including phenoxy) is 1. The number of aryl methyl sites for hydroxylation is 1. The largest absolute Gasteiger partial charge is 1.00 e. The standard InChI is InChI=1S/C9H9ClO2.Na.H/c1-7-4-2-3-5-8(7)12-9(11)6-10;;/h2-5H,6H2,1H3;;/q;+1;-1. The van der Waals surface area contributed by atoms with Gasteiger partial charge in [-0.3, -0.25) is 4.79 Å². The van der Waals surface area contributed by atoms with Gasteiger partial charge in [-0.25, -0.2) is 0 Å². The monoisotopic (exact) mass is 208 g/mol. The third kappa shape index (κ3) is 4.14. The van der Waals surface area contributed by atoms with E-state index in [1.165, 1.54) is 0 Å². The third-order valence-electron chi connectivity index (χ3n) is 1.43. The van der Waals surface area contributed by atoms with Crippen LogP contribution in [-0.2, 0) is 4.79 Å². The molecule has 0 amide bonds. The first-order valence-electron chi connectivity index (χ1n) is 3.56. The Bertz CT molecular complexity index is 294. The van der Waals surface area contributed by atoms with E-state index in [1.54, 1.807) is 6.07 Å². The summed E-state index contributed by atoms with van der Waals surface area (Å²) in [7, 11) is 0. The van der Waals surface area contributed by atoms with Gasteiger partial charge in [-0.05, 0) is 18.6 Å². The molecule has 0 spiro atoms. The topological polar surface area (TPSA) is 26.3 Å². The molecule has 4 heteroatoms. The number of benzene rings is 1. The van der Waals surface area contributed by atoms with E-state index in [9.17, 15) is 4.79 Å². The summed E-state index contributed by atoms with van der Waals surface area (Å²) >= 11 is 5.28. The van der Waals surface area contributed by atoms with Gasteiger partial charge in [0.25, 0.3) is 0 Å². The zero-order chi connectivity index (χ0) is 8.97. The van der Waals surface area contributed by atoms with Crippen LogP contribution >= 0.6 is 11.6 Å². The predicted molar refractivity (Wildman–Crippen MR) is 48.6 cm³/mol. The summed E-state index contributed by atoms with van der Waals surface area (Å²) in [6.07, 6.45) is 0. The van der Waals surface area contributed by atoms with Crippen LogP contribution in [0.15, 0.2) is 24.3 Å². The molecule has 0 radical (unpaired) electrons. The normalized spacial score (nSPS) is 8.77. The summed E-state index contributed by atoms with van der Waals surface area (Å²) in [5.74, 6) is 0.0306. The molecule has 0 N–H and O–H groups in total. The Labute approximate surface area is 106 Å². The fourth-order valence-corrected chi connectivity index (χ4v) is 0.875. The first-order chi connectivity index (χ1) is 5.74. The molecule has 1 aromatic carbocycles. The number of rotatable bonds is 2. The van der Waals surface area contributed by atoms with E-state index < -0.39 is 5.97 Å². The summed E-state index contributed by atoms with van der Waals surface area (Å²) < 4.78 is 4.92. The van der Waals surface area contributed by atoms with Crippen LogP contribution in [-0.4, -0.2) is 11.8 Å². The molecule has 0 fully saturated rings. The Morgan fingerprint density at radius 3 is 2.69 bits per heavy atom. The Morgan fingerprint density at radius 1 is 1.54 bits per heavy atom. The number of esters is 1. The van der Waals surface area contributed by atoms with E-state index in [4.69, 9.17) is 16.3 Å². The predicted octanol–water partition coefficient (Wildman–Crippen LogP) is -0.744. The van der Waals surface area contributed by atoms with Crippen LogP contribution in [0.5, 0.6) is 5.75 Å². The molecule has 2 nitrogen and oxygen atoms in total. The molecule has 0 aromatic heterocycles. The fourth-order valence-electron chi connectivity index (χ4n) is 0.821. The van der Waals surface area contributed by atoms with Crippen LogP contribution in [0, 0.1) is 6.92 Å². The molecular weight excluding hydrogens is 199 g/mol. The third-order valence-corrected chi connectivity index (χ3v) is 1.64. The summed E-state index contributed by atoms with van der Waals surface area (Å²) in [5, 5.41) is 0. The van der Waals surface area contributed by atoms with Gasteiger partial charge < -0.3 is 6.16 Å². The zero-order valence-corrected chi connectivity index (χ0v) is 10.5. The van der Waals surface area contributed by atoms with E-state index in [2.05, 4.69) is 0 Å². The summed E-state index contributed by atoms with van der Waals surface area (Å²) in [6.45, 7) is 1.87. The van der Waals surface area contributed by atoms with Gasteiger partial charge in [-0.2, -0.15) is 0 Å². The molecule has 0 aliphatic heterocycles. The van der Waals surface area contributed by atoms with E-state index in [-0.39, 0.29) is 36.9 Å². The quantitative estimate of drug-likeness (QED) is 0.277. The molecule has 66 valence electrons. The second-order valence-corrected chi connectivity index (χ2v) is 2.64. The smallest absolute Gasteiger partial charge is 1.00 e. The summed E-state index contributed by atoms with van der Waals surface area (Å²) in [4.78, 5) is 10.8. The van der Waals surface area contributed by atoms with Crippen LogP contribution in [0.2, 0.25) is 0 Å². The van der Waals surface area contributed by atoms with Crippen molar-refractivity contribution in [1.82, 2.24) is 0 Å². The number of carbonyl (C=O) groups is 1. The minimum atomic E-state index is -0.425. The molecule has 13 heavy (non-hydrogen) atoms. The van der Waals surface area contributed by atoms with Crippen LogP contribution in [0.4, 0.5) is 0 Å². The van der Waals surface area contributed by atoms with Crippen molar-refractivity contribution >= 4 is 17.6 Å². The summed E-state index contributed by atoms with van der Waals surface area (Å²) in [5.41, 5.74) is 0.927. The van der Waals surface area contributed by atoms with Gasteiger partial charge >= 0.3 is 35.5 Å². The molecule has 0 atom stereocenters. The van der Waals surface area contributed by atoms with Gasteiger partial charge in [-0.1, -0.05) is 18.2 Å². The fraction of sp³-hybridized carbons (Fsp3) is 0.222. The SMILES string of the molecule is Cc1ccccc1OC(=O)CCl.[H-].[Na+]. The molecule has 0 bridgehead atoms. The van der Waals surface area contributed by atoms with E-state index in [0.717, 1.165) is 5.56 Å². The number of halogens is 1. The van der Waals surface area contributed by atoms with Crippen molar-refractivity contribution in [3.63, 3.8) is 0 Å². The van der Waals surface area contributed by atoms with E-state index in [1.807, 2.05) is 25.1 Å². The molecule has 1 rings (SSSR count). The first kappa shape index (κ1) is 13.0. The summed E-state index contributed by atoms with van der Waals surface area (Å²) in [6, 6.07) is 7.30. The second-order valence-electron chi connectivity index (χ2n) is 2.37. The number of carbonyl (C=O) groups excluding carboxylic acids is 1. The number of para-hydroxylation sites is 1. The van der Waals surface area contributed by atoms with Crippen LogP contribution < -0.4 is 34.3 Å². The second kappa shape index (κ2) is 6.44. The van der Waals surface area contributed by atoms with E-state index in [0.29, 0.717) is 5.75 Å². The maximum atomic E-state index is 10.8. The number of hydrogen-bond donors (Lipinski definition) is 0. The maximum absolute atomic E-state index is 10.8. The zero-order valence-electron chi connectivity index (χ0n) is 8.71. The molecule has 0 saturated heterocycles. The Kier molecular flexibility index (Phi) is 6.43.